The smallest absolute Gasteiger partial charge is 0.321 e. The number of carbonyl (C=O) groups is 3. The molecule has 1 aliphatic heterocycles. The molecule has 1 heterocycles. The number of benzene rings is 1. The molecule has 0 amide bonds. The maximum atomic E-state index is 12.7. The Morgan fingerprint density at radius 2 is 1.91 bits per heavy atom. The quantitative estimate of drug-likeness (QED) is 0.583. The van der Waals surface area contributed by atoms with Crippen LogP contribution >= 0.6 is 11.8 Å². The average Bonchev–Trinajstić information content (AvgIpc) is 2.94. The number of carboxylic acids is 2. The molecule has 0 spiro atoms. The molecule has 1 saturated heterocycles. The maximum absolute atomic E-state index is 12.7. The lowest BCUT2D eigenvalue weighted by atomic mass is 9.96. The van der Waals surface area contributed by atoms with Crippen LogP contribution in [-0.2, 0) is 19.3 Å². The average molecular weight is 339 g/mol. The second-order valence-electron chi connectivity index (χ2n) is 5.21. The number of nitrogens with one attached hydrogen (secondary N) is 1. The summed E-state index contributed by atoms with van der Waals surface area (Å²) in [5.74, 6) is -2.34. The van der Waals surface area contributed by atoms with Crippen molar-refractivity contribution < 1.29 is 29.7 Å². The highest BCUT2D eigenvalue weighted by atomic mass is 32.2. The number of carboxylic acid groups (broad SMARTS) is 2. The SMILES string of the molecule is O=C(O)CCCC(=O)C1(c2ccccc2O)N[C@H](C(=O)O)CS1. The molecular weight excluding hydrogens is 322 g/mol. The largest absolute Gasteiger partial charge is 0.508 e. The van der Waals surface area contributed by atoms with Gasteiger partial charge < -0.3 is 15.3 Å². The monoisotopic (exact) mass is 339 g/mol. The van der Waals surface area contributed by atoms with Gasteiger partial charge in [-0.3, -0.25) is 19.7 Å². The van der Waals surface area contributed by atoms with E-state index in [-0.39, 0.29) is 36.5 Å². The second kappa shape index (κ2) is 7.01. The number of phenolic OH excluding ortho intramolecular Hbond substituents is 1. The van der Waals surface area contributed by atoms with Gasteiger partial charge in [0.15, 0.2) is 10.7 Å². The van der Waals surface area contributed by atoms with Gasteiger partial charge in [-0.25, -0.2) is 0 Å². The number of aromatic hydroxyl groups is 1. The Labute approximate surface area is 136 Å². The van der Waals surface area contributed by atoms with E-state index in [2.05, 4.69) is 5.32 Å². The van der Waals surface area contributed by atoms with Gasteiger partial charge in [0, 0.05) is 24.2 Å². The van der Waals surface area contributed by atoms with Crippen LogP contribution in [-0.4, -0.2) is 44.8 Å². The van der Waals surface area contributed by atoms with Crippen LogP contribution in [0.25, 0.3) is 0 Å². The molecule has 1 aliphatic rings. The topological polar surface area (TPSA) is 124 Å². The minimum Gasteiger partial charge on any atom is -0.508 e. The van der Waals surface area contributed by atoms with Gasteiger partial charge in [0.25, 0.3) is 0 Å². The molecule has 0 saturated carbocycles. The van der Waals surface area contributed by atoms with Gasteiger partial charge in [0.05, 0.1) is 0 Å². The molecule has 0 bridgehead atoms. The lowest BCUT2D eigenvalue weighted by Crippen LogP contribution is -2.48. The highest BCUT2D eigenvalue weighted by molar-refractivity contribution is 8.01. The van der Waals surface area contributed by atoms with E-state index in [1.807, 2.05) is 0 Å². The molecule has 0 aliphatic carbocycles. The van der Waals surface area contributed by atoms with Crippen molar-refractivity contribution in [3.63, 3.8) is 0 Å². The normalized spacial score (nSPS) is 23.6. The summed E-state index contributed by atoms with van der Waals surface area (Å²) < 4.78 is 0. The van der Waals surface area contributed by atoms with Crippen molar-refractivity contribution in [1.82, 2.24) is 5.32 Å². The van der Waals surface area contributed by atoms with Gasteiger partial charge >= 0.3 is 11.9 Å². The molecule has 7 nitrogen and oxygen atoms in total. The Morgan fingerprint density at radius 3 is 2.48 bits per heavy atom. The number of ketones is 1. The van der Waals surface area contributed by atoms with Crippen LogP contribution in [0.4, 0.5) is 0 Å². The second-order valence-corrected chi connectivity index (χ2v) is 6.45. The Hall–Kier alpha value is -2.06. The van der Waals surface area contributed by atoms with Crippen molar-refractivity contribution in [3.05, 3.63) is 29.8 Å². The Bertz CT molecular complexity index is 634. The molecule has 4 N–H and O–H groups in total. The number of hydrogen-bond acceptors (Lipinski definition) is 6. The van der Waals surface area contributed by atoms with Crippen LogP contribution < -0.4 is 5.32 Å². The summed E-state index contributed by atoms with van der Waals surface area (Å²) in [6.07, 6.45) is -0.00786. The van der Waals surface area contributed by atoms with Crippen molar-refractivity contribution in [2.24, 2.45) is 0 Å². The zero-order chi connectivity index (χ0) is 17.0. The van der Waals surface area contributed by atoms with Crippen molar-refractivity contribution in [2.45, 2.75) is 30.2 Å². The molecule has 124 valence electrons. The number of Topliss-reactive ketones (excluding diaryl/α,β-unsaturated/α-hetero) is 1. The molecule has 1 unspecified atom stereocenters. The number of aliphatic carboxylic acids is 2. The van der Waals surface area contributed by atoms with Crippen LogP contribution in [0.2, 0.25) is 0 Å². The fourth-order valence-electron chi connectivity index (χ4n) is 2.48. The zero-order valence-corrected chi connectivity index (χ0v) is 13.0. The third-order valence-corrected chi connectivity index (χ3v) is 5.11. The van der Waals surface area contributed by atoms with Crippen LogP contribution in [0.15, 0.2) is 24.3 Å². The first-order valence-electron chi connectivity index (χ1n) is 7.05. The Balaban J connectivity index is 2.30. The molecule has 8 heteroatoms. The lowest BCUT2D eigenvalue weighted by molar-refractivity contribution is -0.139. The number of carbonyl (C=O) groups excluding carboxylic acids is 1. The number of rotatable bonds is 7. The van der Waals surface area contributed by atoms with Crippen LogP contribution in [0.3, 0.4) is 0 Å². The van der Waals surface area contributed by atoms with Crippen LogP contribution in [0.1, 0.15) is 24.8 Å². The fraction of sp³-hybridized carbons (Fsp3) is 0.400. The highest BCUT2D eigenvalue weighted by Gasteiger charge is 2.49. The van der Waals surface area contributed by atoms with Crippen LogP contribution in [0.5, 0.6) is 5.75 Å². The minimum atomic E-state index is -1.37. The molecule has 2 rings (SSSR count). The molecule has 23 heavy (non-hydrogen) atoms. The minimum absolute atomic E-state index is 0.0209. The summed E-state index contributed by atoms with van der Waals surface area (Å²) >= 11 is 1.11. The van der Waals surface area contributed by atoms with Gasteiger partial charge in [-0.15, -0.1) is 11.8 Å². The summed E-state index contributed by atoms with van der Waals surface area (Å²) in [6, 6.07) is 5.34. The van der Waals surface area contributed by atoms with Gasteiger partial charge in [0.1, 0.15) is 11.8 Å². The molecule has 0 aromatic heterocycles. The first-order valence-corrected chi connectivity index (χ1v) is 8.03. The molecule has 0 radical (unpaired) electrons. The molecule has 1 aromatic carbocycles. The summed E-state index contributed by atoms with van der Waals surface area (Å²) in [5.41, 5.74) is 0.300. The Kier molecular flexibility index (Phi) is 5.27. The van der Waals surface area contributed by atoms with Gasteiger partial charge in [-0.2, -0.15) is 0 Å². The summed E-state index contributed by atoms with van der Waals surface area (Å²) in [7, 11) is 0. The fourth-order valence-corrected chi connectivity index (χ4v) is 3.94. The number of hydrogen-bond donors (Lipinski definition) is 4. The first kappa shape index (κ1) is 17.3. The van der Waals surface area contributed by atoms with Crippen molar-refractivity contribution in [2.75, 3.05) is 5.75 Å². The van der Waals surface area contributed by atoms with E-state index in [4.69, 9.17) is 10.2 Å². The Morgan fingerprint density at radius 1 is 1.22 bits per heavy atom. The van der Waals surface area contributed by atoms with Crippen LogP contribution in [0, 0.1) is 0 Å². The molecule has 2 atom stereocenters. The van der Waals surface area contributed by atoms with Gasteiger partial charge in [-0.1, -0.05) is 18.2 Å². The van der Waals surface area contributed by atoms with E-state index in [0.717, 1.165) is 11.8 Å². The third kappa shape index (κ3) is 3.65. The lowest BCUT2D eigenvalue weighted by Gasteiger charge is -2.29. The van der Waals surface area contributed by atoms with Crippen molar-refractivity contribution in [3.8, 4) is 5.75 Å². The van der Waals surface area contributed by atoms with E-state index >= 15 is 0 Å². The summed E-state index contributed by atoms with van der Waals surface area (Å²) in [5, 5.41) is 30.7. The van der Waals surface area contributed by atoms with E-state index in [1.165, 1.54) is 6.07 Å². The standard InChI is InChI=1S/C15H17NO6S/c17-11-5-2-1-4-9(11)15(12(18)6-3-7-13(19)20)16-10(8-23-15)14(21)22/h1-2,4-5,10,16-17H,3,6-8H2,(H,19,20)(H,21,22)/t10-,15?/m0/s1. The summed E-state index contributed by atoms with van der Waals surface area (Å²) in [4.78, 5) is 33.1. The van der Waals surface area contributed by atoms with E-state index in [0.29, 0.717) is 5.56 Å². The summed E-state index contributed by atoms with van der Waals surface area (Å²) in [6.45, 7) is 0. The number of phenols is 1. The highest BCUT2D eigenvalue weighted by Crippen LogP contribution is 2.44. The van der Waals surface area contributed by atoms with E-state index in [1.54, 1.807) is 18.2 Å². The van der Waals surface area contributed by atoms with E-state index < -0.39 is 22.9 Å². The van der Waals surface area contributed by atoms with Crippen molar-refractivity contribution >= 4 is 29.5 Å². The van der Waals surface area contributed by atoms with E-state index in [9.17, 15) is 19.5 Å². The molecule has 1 aromatic rings. The molecular formula is C15H17NO6S. The predicted molar refractivity (Wildman–Crippen MR) is 83.3 cm³/mol. The predicted octanol–water partition coefficient (Wildman–Crippen LogP) is 1.16. The van der Waals surface area contributed by atoms with Crippen molar-refractivity contribution in [1.29, 1.82) is 0 Å². The zero-order valence-electron chi connectivity index (χ0n) is 12.2. The first-order chi connectivity index (χ1) is 10.9. The maximum Gasteiger partial charge on any atom is 0.321 e. The van der Waals surface area contributed by atoms with Gasteiger partial charge in [-0.05, 0) is 12.5 Å². The third-order valence-electron chi connectivity index (χ3n) is 3.61. The number of para-hydroxylation sites is 1. The molecule has 1 fully saturated rings. The van der Waals surface area contributed by atoms with Gasteiger partial charge in [0.2, 0.25) is 0 Å². The number of thioether (sulfide) groups is 1.